The van der Waals surface area contributed by atoms with Gasteiger partial charge in [-0.25, -0.2) is 4.98 Å². The standard InChI is InChI=1S/C17H13BN2O2/c21-18(22)14-8-2-4-10-16(14)20-15-9-3-1-6-12(15)13-7-5-11-19-17(13)20/h1-11,21-22H. The number of hydrogen-bond donors (Lipinski definition) is 2. The summed E-state index contributed by atoms with van der Waals surface area (Å²) in [5.74, 6) is 0. The molecule has 2 heterocycles. The molecule has 0 bridgehead atoms. The van der Waals surface area contributed by atoms with Gasteiger partial charge in [0.1, 0.15) is 5.65 Å². The van der Waals surface area contributed by atoms with E-state index in [-0.39, 0.29) is 0 Å². The van der Waals surface area contributed by atoms with Gasteiger partial charge in [-0.3, -0.25) is 4.57 Å². The Balaban J connectivity index is 2.19. The van der Waals surface area contributed by atoms with Gasteiger partial charge in [0.25, 0.3) is 0 Å². The second-order valence-electron chi connectivity index (χ2n) is 5.16. The highest BCUT2D eigenvalue weighted by Crippen LogP contribution is 2.29. The third kappa shape index (κ3) is 1.84. The lowest BCUT2D eigenvalue weighted by Crippen LogP contribution is -2.33. The molecule has 0 aliphatic rings. The van der Waals surface area contributed by atoms with Crippen LogP contribution in [-0.4, -0.2) is 26.7 Å². The molecule has 0 fully saturated rings. The fourth-order valence-electron chi connectivity index (χ4n) is 2.95. The molecule has 4 rings (SSSR count). The molecule has 0 unspecified atom stereocenters. The maximum atomic E-state index is 9.67. The molecule has 4 nitrogen and oxygen atoms in total. The van der Waals surface area contributed by atoms with Crippen LogP contribution in [0.3, 0.4) is 0 Å². The summed E-state index contributed by atoms with van der Waals surface area (Å²) in [5, 5.41) is 21.5. The molecule has 22 heavy (non-hydrogen) atoms. The fourth-order valence-corrected chi connectivity index (χ4v) is 2.95. The number of aromatic nitrogens is 2. The highest BCUT2D eigenvalue weighted by Gasteiger charge is 2.20. The van der Waals surface area contributed by atoms with Crippen LogP contribution in [0, 0.1) is 0 Å². The molecule has 106 valence electrons. The van der Waals surface area contributed by atoms with Gasteiger partial charge in [0.15, 0.2) is 0 Å². The summed E-state index contributed by atoms with van der Waals surface area (Å²) in [6.45, 7) is 0. The molecule has 5 heteroatoms. The molecular formula is C17H13BN2O2. The van der Waals surface area contributed by atoms with Crippen molar-refractivity contribution < 1.29 is 10.0 Å². The lowest BCUT2D eigenvalue weighted by atomic mass is 9.79. The van der Waals surface area contributed by atoms with Crippen LogP contribution in [0.25, 0.3) is 27.6 Å². The van der Waals surface area contributed by atoms with Crippen LogP contribution in [0.4, 0.5) is 0 Å². The Morgan fingerprint density at radius 2 is 1.55 bits per heavy atom. The summed E-state index contributed by atoms with van der Waals surface area (Å²) >= 11 is 0. The van der Waals surface area contributed by atoms with E-state index in [9.17, 15) is 10.0 Å². The van der Waals surface area contributed by atoms with E-state index in [0.717, 1.165) is 27.6 Å². The zero-order chi connectivity index (χ0) is 15.1. The average molecular weight is 288 g/mol. The first-order valence-corrected chi connectivity index (χ1v) is 7.07. The zero-order valence-electron chi connectivity index (χ0n) is 11.7. The first-order valence-electron chi connectivity index (χ1n) is 7.07. The quantitative estimate of drug-likeness (QED) is 0.553. The Kier molecular flexibility index (Phi) is 2.96. The molecule has 0 aliphatic heterocycles. The zero-order valence-corrected chi connectivity index (χ0v) is 11.7. The van der Waals surface area contributed by atoms with Crippen molar-refractivity contribution in [2.45, 2.75) is 0 Å². The van der Waals surface area contributed by atoms with Crippen molar-refractivity contribution in [3.05, 3.63) is 66.9 Å². The van der Waals surface area contributed by atoms with E-state index in [0.29, 0.717) is 5.46 Å². The number of rotatable bonds is 2. The Hall–Kier alpha value is -2.63. The van der Waals surface area contributed by atoms with Crippen LogP contribution in [0.2, 0.25) is 0 Å². The van der Waals surface area contributed by atoms with Crippen LogP contribution in [0.5, 0.6) is 0 Å². The predicted octanol–water partition coefficient (Wildman–Crippen LogP) is 1.86. The number of benzene rings is 2. The van der Waals surface area contributed by atoms with E-state index in [1.165, 1.54) is 0 Å². The van der Waals surface area contributed by atoms with E-state index in [1.54, 1.807) is 18.3 Å². The van der Waals surface area contributed by atoms with Gasteiger partial charge < -0.3 is 10.0 Å². The number of pyridine rings is 1. The molecule has 4 aromatic rings. The maximum absolute atomic E-state index is 9.67. The van der Waals surface area contributed by atoms with Gasteiger partial charge in [-0.05, 0) is 24.3 Å². The van der Waals surface area contributed by atoms with Gasteiger partial charge in [0, 0.05) is 28.1 Å². The first kappa shape index (κ1) is 13.1. The summed E-state index contributed by atoms with van der Waals surface area (Å²) in [4.78, 5) is 4.49. The van der Waals surface area contributed by atoms with Crippen LogP contribution < -0.4 is 5.46 Å². The van der Waals surface area contributed by atoms with Crippen molar-refractivity contribution in [3.63, 3.8) is 0 Å². The monoisotopic (exact) mass is 288 g/mol. The third-order valence-corrected chi connectivity index (χ3v) is 3.89. The molecular weight excluding hydrogens is 275 g/mol. The molecule has 0 aliphatic carbocycles. The highest BCUT2D eigenvalue weighted by molar-refractivity contribution is 6.60. The molecule has 2 N–H and O–H groups in total. The van der Waals surface area contributed by atoms with Gasteiger partial charge >= 0.3 is 7.12 Å². The van der Waals surface area contributed by atoms with Crippen LogP contribution in [0.1, 0.15) is 0 Å². The van der Waals surface area contributed by atoms with E-state index in [2.05, 4.69) is 4.98 Å². The molecule has 0 saturated heterocycles. The summed E-state index contributed by atoms with van der Waals surface area (Å²) in [5.41, 5.74) is 2.97. The summed E-state index contributed by atoms with van der Waals surface area (Å²) in [7, 11) is -1.53. The third-order valence-electron chi connectivity index (χ3n) is 3.89. The Morgan fingerprint density at radius 1 is 0.818 bits per heavy atom. The summed E-state index contributed by atoms with van der Waals surface area (Å²) < 4.78 is 1.97. The van der Waals surface area contributed by atoms with Gasteiger partial charge in [-0.1, -0.05) is 36.4 Å². The van der Waals surface area contributed by atoms with Gasteiger partial charge in [0.2, 0.25) is 0 Å². The van der Waals surface area contributed by atoms with Gasteiger partial charge in [-0.15, -0.1) is 0 Å². The van der Waals surface area contributed by atoms with Crippen molar-refractivity contribution >= 4 is 34.5 Å². The van der Waals surface area contributed by atoms with Crippen molar-refractivity contribution in [2.75, 3.05) is 0 Å². The van der Waals surface area contributed by atoms with Crippen molar-refractivity contribution in [3.8, 4) is 5.69 Å². The normalized spacial score (nSPS) is 11.2. The van der Waals surface area contributed by atoms with E-state index in [4.69, 9.17) is 0 Å². The number of hydrogen-bond acceptors (Lipinski definition) is 3. The van der Waals surface area contributed by atoms with Crippen LogP contribution in [-0.2, 0) is 0 Å². The highest BCUT2D eigenvalue weighted by atomic mass is 16.4. The molecule has 2 aromatic carbocycles. The Labute approximate surface area is 127 Å². The number of nitrogens with zero attached hydrogens (tertiary/aromatic N) is 2. The molecule has 0 radical (unpaired) electrons. The Bertz CT molecular complexity index is 925. The lowest BCUT2D eigenvalue weighted by molar-refractivity contribution is 0.425. The van der Waals surface area contributed by atoms with E-state index in [1.807, 2.05) is 53.1 Å². The molecule has 2 aromatic heterocycles. The largest absolute Gasteiger partial charge is 0.490 e. The predicted molar refractivity (Wildman–Crippen MR) is 88.4 cm³/mol. The number of fused-ring (bicyclic) bond motifs is 3. The minimum atomic E-state index is -1.53. The smallest absolute Gasteiger partial charge is 0.423 e. The number of para-hydroxylation sites is 2. The topological polar surface area (TPSA) is 58.3 Å². The van der Waals surface area contributed by atoms with Crippen LogP contribution >= 0.6 is 0 Å². The second-order valence-corrected chi connectivity index (χ2v) is 5.16. The molecule has 0 amide bonds. The van der Waals surface area contributed by atoms with Crippen molar-refractivity contribution in [2.24, 2.45) is 0 Å². The second kappa shape index (κ2) is 4.98. The van der Waals surface area contributed by atoms with Gasteiger partial charge in [0.05, 0.1) is 5.52 Å². The molecule has 0 atom stereocenters. The maximum Gasteiger partial charge on any atom is 0.490 e. The Morgan fingerprint density at radius 3 is 2.41 bits per heavy atom. The molecule has 0 saturated carbocycles. The average Bonchev–Trinajstić information content (AvgIpc) is 2.89. The van der Waals surface area contributed by atoms with Gasteiger partial charge in [-0.2, -0.15) is 0 Å². The summed E-state index contributed by atoms with van der Waals surface area (Å²) in [6.07, 6.45) is 1.75. The summed E-state index contributed by atoms with van der Waals surface area (Å²) in [6, 6.07) is 19.2. The minimum Gasteiger partial charge on any atom is -0.423 e. The lowest BCUT2D eigenvalue weighted by Gasteiger charge is -2.12. The van der Waals surface area contributed by atoms with Crippen LogP contribution in [0.15, 0.2) is 66.9 Å². The van der Waals surface area contributed by atoms with Crippen molar-refractivity contribution in [1.82, 2.24) is 9.55 Å². The first-order chi connectivity index (χ1) is 10.8. The van der Waals surface area contributed by atoms with E-state index >= 15 is 0 Å². The van der Waals surface area contributed by atoms with Crippen molar-refractivity contribution in [1.29, 1.82) is 0 Å². The SMILES string of the molecule is OB(O)c1ccccc1-n1c2ccccc2c2cccnc21. The van der Waals surface area contributed by atoms with E-state index < -0.39 is 7.12 Å². The fraction of sp³-hybridized carbons (Fsp3) is 0. The molecule has 0 spiro atoms. The minimum absolute atomic E-state index is 0.454.